The molecule has 0 amide bonds. The Morgan fingerprint density at radius 3 is 2.38 bits per heavy atom. The van der Waals surface area contributed by atoms with Crippen LogP contribution in [0, 0.1) is 23.0 Å². The summed E-state index contributed by atoms with van der Waals surface area (Å²) in [7, 11) is 0. The zero-order valence-corrected chi connectivity index (χ0v) is 13.8. The van der Waals surface area contributed by atoms with Gasteiger partial charge in [0.05, 0.1) is 10.9 Å². The van der Waals surface area contributed by atoms with E-state index in [2.05, 4.69) is 32.7 Å². The topological polar surface area (TPSA) is 17.8 Å². The lowest BCUT2D eigenvalue weighted by Gasteiger charge is -2.31. The average Bonchev–Trinajstić information content (AvgIpc) is 2.68. The monoisotopic (exact) mass is 314 g/mol. The smallest absolute Gasteiger partial charge is 0.153 e. The van der Waals surface area contributed by atoms with Crippen molar-refractivity contribution in [2.75, 3.05) is 0 Å². The molecule has 1 unspecified atom stereocenters. The number of benzene rings is 1. The third-order valence-electron chi connectivity index (χ3n) is 4.29. The van der Waals surface area contributed by atoms with Gasteiger partial charge in [-0.3, -0.25) is 0 Å². The minimum absolute atomic E-state index is 0.0447. The SMILES string of the molecule is CC(Cl)c1nc2c(F)cc(F)cc2n1CC(C)(C)C(C)C. The van der Waals surface area contributed by atoms with Crippen molar-refractivity contribution in [1.82, 2.24) is 9.55 Å². The second kappa shape index (κ2) is 5.56. The summed E-state index contributed by atoms with van der Waals surface area (Å²) in [4.78, 5) is 4.29. The average molecular weight is 315 g/mol. The van der Waals surface area contributed by atoms with Gasteiger partial charge < -0.3 is 4.57 Å². The first-order valence-electron chi connectivity index (χ1n) is 7.12. The van der Waals surface area contributed by atoms with Gasteiger partial charge in [0.2, 0.25) is 0 Å². The first-order valence-corrected chi connectivity index (χ1v) is 7.56. The van der Waals surface area contributed by atoms with Crippen LogP contribution in [-0.2, 0) is 6.54 Å². The van der Waals surface area contributed by atoms with Crippen molar-refractivity contribution in [3.8, 4) is 0 Å². The predicted octanol–water partition coefficient (Wildman–Crippen LogP) is 5.30. The molecule has 1 heterocycles. The van der Waals surface area contributed by atoms with Crippen molar-refractivity contribution in [3.63, 3.8) is 0 Å². The van der Waals surface area contributed by atoms with Crippen LogP contribution in [0.15, 0.2) is 12.1 Å². The van der Waals surface area contributed by atoms with Crippen LogP contribution < -0.4 is 0 Å². The standard InChI is InChI=1S/C16H21ClF2N2/c1-9(2)16(4,5)8-21-13-7-11(18)6-12(19)14(13)20-15(21)10(3)17/h6-7,9-10H,8H2,1-5H3. The summed E-state index contributed by atoms with van der Waals surface area (Å²) >= 11 is 6.18. The van der Waals surface area contributed by atoms with Gasteiger partial charge in [0.1, 0.15) is 17.2 Å². The maximum absolute atomic E-state index is 13.9. The molecule has 0 spiro atoms. The molecule has 1 atom stereocenters. The van der Waals surface area contributed by atoms with Crippen LogP contribution >= 0.6 is 11.6 Å². The van der Waals surface area contributed by atoms with Crippen molar-refractivity contribution in [2.45, 2.75) is 46.5 Å². The molecular weight excluding hydrogens is 294 g/mol. The molecule has 2 nitrogen and oxygen atoms in total. The second-order valence-corrected chi connectivity index (χ2v) is 7.23. The van der Waals surface area contributed by atoms with Gasteiger partial charge in [0.15, 0.2) is 5.82 Å². The summed E-state index contributed by atoms with van der Waals surface area (Å²) in [5, 5.41) is -0.372. The van der Waals surface area contributed by atoms with Crippen LogP contribution in [0.2, 0.25) is 0 Å². The Morgan fingerprint density at radius 2 is 1.86 bits per heavy atom. The number of alkyl halides is 1. The Bertz CT molecular complexity index is 660. The zero-order valence-electron chi connectivity index (χ0n) is 13.0. The van der Waals surface area contributed by atoms with Crippen LogP contribution in [0.5, 0.6) is 0 Å². The van der Waals surface area contributed by atoms with E-state index in [-0.39, 0.29) is 16.3 Å². The van der Waals surface area contributed by atoms with Crippen LogP contribution in [-0.4, -0.2) is 9.55 Å². The summed E-state index contributed by atoms with van der Waals surface area (Å²) in [6.07, 6.45) is 0. The Morgan fingerprint density at radius 1 is 1.24 bits per heavy atom. The highest BCUT2D eigenvalue weighted by Crippen LogP contribution is 2.33. The molecule has 0 saturated heterocycles. The molecule has 1 aromatic heterocycles. The van der Waals surface area contributed by atoms with Crippen LogP contribution in [0.3, 0.4) is 0 Å². The fraction of sp³-hybridized carbons (Fsp3) is 0.562. The molecule has 0 fully saturated rings. The second-order valence-electron chi connectivity index (χ2n) is 6.57. The summed E-state index contributed by atoms with van der Waals surface area (Å²) in [6.45, 7) is 10.9. The predicted molar refractivity (Wildman–Crippen MR) is 82.5 cm³/mol. The minimum atomic E-state index is -0.648. The van der Waals surface area contributed by atoms with E-state index < -0.39 is 11.6 Å². The van der Waals surface area contributed by atoms with Gasteiger partial charge in [-0.2, -0.15) is 0 Å². The Labute approximate surface area is 129 Å². The molecule has 0 aliphatic rings. The molecule has 0 aliphatic heterocycles. The van der Waals surface area contributed by atoms with E-state index in [1.807, 2.05) is 4.57 Å². The van der Waals surface area contributed by atoms with E-state index in [9.17, 15) is 8.78 Å². The Kier molecular flexibility index (Phi) is 4.29. The molecule has 2 aromatic rings. The van der Waals surface area contributed by atoms with Crippen molar-refractivity contribution in [2.24, 2.45) is 11.3 Å². The molecule has 0 radical (unpaired) electrons. The molecule has 0 aliphatic carbocycles. The molecule has 116 valence electrons. The van der Waals surface area contributed by atoms with E-state index in [0.29, 0.717) is 23.8 Å². The summed E-state index contributed by atoms with van der Waals surface area (Å²) in [5.41, 5.74) is 0.596. The van der Waals surface area contributed by atoms with Crippen molar-refractivity contribution in [1.29, 1.82) is 0 Å². The highest BCUT2D eigenvalue weighted by atomic mass is 35.5. The normalized spacial score (nSPS) is 14.1. The number of rotatable bonds is 4. The number of nitrogens with zero attached hydrogens (tertiary/aromatic N) is 2. The number of fused-ring (bicyclic) bond motifs is 1. The number of halogens is 3. The maximum atomic E-state index is 13.9. The first-order chi connectivity index (χ1) is 9.63. The molecule has 1 aromatic carbocycles. The van der Waals surface area contributed by atoms with Crippen LogP contribution in [0.25, 0.3) is 11.0 Å². The third kappa shape index (κ3) is 3.05. The molecule has 5 heteroatoms. The van der Waals surface area contributed by atoms with Gasteiger partial charge in [0, 0.05) is 12.6 Å². The Balaban J connectivity index is 2.67. The zero-order chi connectivity index (χ0) is 15.9. The maximum Gasteiger partial charge on any atom is 0.153 e. The van der Waals surface area contributed by atoms with Crippen LogP contribution in [0.1, 0.15) is 45.8 Å². The Hall–Kier alpha value is -1.16. The number of imidazole rings is 1. The number of hydrogen-bond acceptors (Lipinski definition) is 1. The third-order valence-corrected chi connectivity index (χ3v) is 4.48. The molecular formula is C16H21ClF2N2. The van der Waals surface area contributed by atoms with Crippen molar-refractivity contribution in [3.05, 3.63) is 29.6 Å². The lowest BCUT2D eigenvalue weighted by atomic mass is 9.81. The van der Waals surface area contributed by atoms with E-state index in [1.54, 1.807) is 6.92 Å². The van der Waals surface area contributed by atoms with E-state index in [4.69, 9.17) is 11.6 Å². The molecule has 0 N–H and O–H groups in total. The number of hydrogen-bond donors (Lipinski definition) is 0. The van der Waals surface area contributed by atoms with Gasteiger partial charge in [-0.1, -0.05) is 27.7 Å². The quantitative estimate of drug-likeness (QED) is 0.700. The molecule has 0 saturated carbocycles. The van der Waals surface area contributed by atoms with Gasteiger partial charge in [-0.25, -0.2) is 13.8 Å². The van der Waals surface area contributed by atoms with Crippen molar-refractivity contribution >= 4 is 22.6 Å². The van der Waals surface area contributed by atoms with E-state index in [1.165, 1.54) is 6.07 Å². The summed E-state index contributed by atoms with van der Waals surface area (Å²) in [6, 6.07) is 2.18. The van der Waals surface area contributed by atoms with Gasteiger partial charge in [-0.05, 0) is 24.3 Å². The van der Waals surface area contributed by atoms with E-state index >= 15 is 0 Å². The largest absolute Gasteiger partial charge is 0.326 e. The van der Waals surface area contributed by atoms with Gasteiger partial charge in [-0.15, -0.1) is 11.6 Å². The molecule has 21 heavy (non-hydrogen) atoms. The highest BCUT2D eigenvalue weighted by Gasteiger charge is 2.27. The molecule has 2 rings (SSSR count). The minimum Gasteiger partial charge on any atom is -0.326 e. The fourth-order valence-corrected chi connectivity index (χ4v) is 2.39. The van der Waals surface area contributed by atoms with E-state index in [0.717, 1.165) is 6.07 Å². The summed E-state index contributed by atoms with van der Waals surface area (Å²) in [5.74, 6) is -0.265. The lowest BCUT2D eigenvalue weighted by molar-refractivity contribution is 0.210. The number of aromatic nitrogens is 2. The highest BCUT2D eigenvalue weighted by molar-refractivity contribution is 6.20. The molecule has 0 bridgehead atoms. The first kappa shape index (κ1) is 16.2. The van der Waals surface area contributed by atoms with Crippen LogP contribution in [0.4, 0.5) is 8.78 Å². The van der Waals surface area contributed by atoms with Crippen molar-refractivity contribution < 1.29 is 8.78 Å². The summed E-state index contributed by atoms with van der Waals surface area (Å²) < 4.78 is 29.3. The van der Waals surface area contributed by atoms with Gasteiger partial charge in [0.25, 0.3) is 0 Å². The fourth-order valence-electron chi connectivity index (χ4n) is 2.23. The lowest BCUT2D eigenvalue weighted by Crippen LogP contribution is -2.26. The van der Waals surface area contributed by atoms with Gasteiger partial charge >= 0.3 is 0 Å².